The molecule has 1 amide bonds. The summed E-state index contributed by atoms with van der Waals surface area (Å²) in [5.74, 6) is 0.322. The summed E-state index contributed by atoms with van der Waals surface area (Å²) in [6, 6.07) is 5.45. The Morgan fingerprint density at radius 3 is 2.90 bits per heavy atom. The topological polar surface area (TPSA) is 73.6 Å². The number of hydrogen-bond donors (Lipinski definition) is 2. The highest BCUT2D eigenvalue weighted by atomic mass is 35.5. The summed E-state index contributed by atoms with van der Waals surface area (Å²) in [4.78, 5) is 11.5. The van der Waals surface area contributed by atoms with Crippen LogP contribution in [0.1, 0.15) is 12.0 Å². The quantitative estimate of drug-likeness (QED) is 0.676. The number of nitrogens with one attached hydrogen (secondary N) is 1. The second-order valence-corrected chi connectivity index (χ2v) is 4.70. The summed E-state index contributed by atoms with van der Waals surface area (Å²) in [6.07, 6.45) is 1.54. The second-order valence-electron chi connectivity index (χ2n) is 4.29. The third-order valence-corrected chi connectivity index (χ3v) is 2.93. The number of amides is 1. The SMILES string of the molecule is COCCCNC(=O)COc1ccc(CCN)cc1Cl. The number of benzene rings is 1. The van der Waals surface area contributed by atoms with E-state index >= 15 is 0 Å². The third kappa shape index (κ3) is 6.23. The van der Waals surface area contributed by atoms with Crippen LogP contribution in [0.2, 0.25) is 5.02 Å². The fraction of sp³-hybridized carbons (Fsp3) is 0.500. The molecule has 0 aromatic heterocycles. The van der Waals surface area contributed by atoms with Gasteiger partial charge >= 0.3 is 0 Å². The maximum atomic E-state index is 11.5. The molecule has 0 bridgehead atoms. The summed E-state index contributed by atoms with van der Waals surface area (Å²) >= 11 is 6.08. The van der Waals surface area contributed by atoms with Gasteiger partial charge in [0.05, 0.1) is 5.02 Å². The van der Waals surface area contributed by atoms with E-state index in [0.29, 0.717) is 30.5 Å². The van der Waals surface area contributed by atoms with E-state index in [4.69, 9.17) is 26.8 Å². The van der Waals surface area contributed by atoms with E-state index in [2.05, 4.69) is 5.32 Å². The van der Waals surface area contributed by atoms with Crippen molar-refractivity contribution in [2.24, 2.45) is 5.73 Å². The lowest BCUT2D eigenvalue weighted by Crippen LogP contribution is -2.30. The minimum atomic E-state index is -0.178. The lowest BCUT2D eigenvalue weighted by molar-refractivity contribution is -0.123. The molecule has 112 valence electrons. The van der Waals surface area contributed by atoms with E-state index in [1.54, 1.807) is 19.2 Å². The van der Waals surface area contributed by atoms with E-state index in [1.165, 1.54) is 0 Å². The Kier molecular flexibility index (Phi) is 8.02. The molecule has 0 atom stereocenters. The molecule has 0 unspecified atom stereocenters. The number of carbonyl (C=O) groups is 1. The summed E-state index contributed by atoms with van der Waals surface area (Å²) < 4.78 is 10.3. The average Bonchev–Trinajstić information content (AvgIpc) is 2.43. The highest BCUT2D eigenvalue weighted by molar-refractivity contribution is 6.32. The lowest BCUT2D eigenvalue weighted by atomic mass is 10.1. The summed E-state index contributed by atoms with van der Waals surface area (Å²) in [7, 11) is 1.63. The highest BCUT2D eigenvalue weighted by Crippen LogP contribution is 2.25. The van der Waals surface area contributed by atoms with Gasteiger partial charge in [-0.25, -0.2) is 0 Å². The van der Waals surface area contributed by atoms with Gasteiger partial charge in [0, 0.05) is 20.3 Å². The molecule has 0 aliphatic carbocycles. The number of rotatable bonds is 9. The van der Waals surface area contributed by atoms with Crippen molar-refractivity contribution in [1.29, 1.82) is 0 Å². The van der Waals surface area contributed by atoms with E-state index in [1.807, 2.05) is 6.07 Å². The number of halogens is 1. The molecule has 1 rings (SSSR count). The second kappa shape index (κ2) is 9.58. The van der Waals surface area contributed by atoms with Gasteiger partial charge in [-0.15, -0.1) is 0 Å². The van der Waals surface area contributed by atoms with Gasteiger partial charge in [0.2, 0.25) is 0 Å². The van der Waals surface area contributed by atoms with Crippen molar-refractivity contribution in [3.8, 4) is 5.75 Å². The molecule has 0 aliphatic heterocycles. The summed E-state index contributed by atoms with van der Waals surface area (Å²) in [6.45, 7) is 1.71. The zero-order chi connectivity index (χ0) is 14.8. The van der Waals surface area contributed by atoms with Crippen molar-refractivity contribution in [2.75, 3.05) is 33.4 Å². The summed E-state index contributed by atoms with van der Waals surface area (Å²) in [5.41, 5.74) is 6.53. The van der Waals surface area contributed by atoms with Gasteiger partial charge in [-0.2, -0.15) is 0 Å². The van der Waals surface area contributed by atoms with Crippen LogP contribution in [0.4, 0.5) is 0 Å². The van der Waals surface area contributed by atoms with Gasteiger partial charge in [-0.1, -0.05) is 17.7 Å². The fourth-order valence-corrected chi connectivity index (χ4v) is 1.88. The molecule has 0 saturated heterocycles. The molecule has 0 aliphatic rings. The van der Waals surface area contributed by atoms with E-state index < -0.39 is 0 Å². The molecule has 1 aromatic rings. The lowest BCUT2D eigenvalue weighted by Gasteiger charge is -2.09. The molecule has 0 radical (unpaired) electrons. The smallest absolute Gasteiger partial charge is 0.257 e. The molecule has 5 nitrogen and oxygen atoms in total. The highest BCUT2D eigenvalue weighted by Gasteiger charge is 2.06. The van der Waals surface area contributed by atoms with Gasteiger partial charge in [-0.05, 0) is 37.1 Å². The fourth-order valence-electron chi connectivity index (χ4n) is 1.62. The van der Waals surface area contributed by atoms with E-state index in [-0.39, 0.29) is 12.5 Å². The molecular formula is C14H21ClN2O3. The predicted octanol–water partition coefficient (Wildman–Crippen LogP) is 1.37. The Hall–Kier alpha value is -1.30. The Morgan fingerprint density at radius 2 is 2.25 bits per heavy atom. The molecule has 0 heterocycles. The van der Waals surface area contributed by atoms with E-state index in [9.17, 15) is 4.79 Å². The first-order valence-corrected chi connectivity index (χ1v) is 6.92. The normalized spacial score (nSPS) is 10.3. The van der Waals surface area contributed by atoms with Gasteiger partial charge < -0.3 is 20.5 Å². The first kappa shape index (κ1) is 16.8. The Morgan fingerprint density at radius 1 is 1.45 bits per heavy atom. The van der Waals surface area contributed by atoms with Crippen LogP contribution in [0.3, 0.4) is 0 Å². The van der Waals surface area contributed by atoms with Crippen LogP contribution in [-0.2, 0) is 16.0 Å². The van der Waals surface area contributed by atoms with Crippen molar-refractivity contribution in [3.63, 3.8) is 0 Å². The van der Waals surface area contributed by atoms with Crippen LogP contribution in [0.25, 0.3) is 0 Å². The molecule has 3 N–H and O–H groups in total. The predicted molar refractivity (Wildman–Crippen MR) is 79.2 cm³/mol. The Labute approximate surface area is 124 Å². The van der Waals surface area contributed by atoms with Gasteiger partial charge in [0.25, 0.3) is 5.91 Å². The number of methoxy groups -OCH3 is 1. The first-order valence-electron chi connectivity index (χ1n) is 6.54. The average molecular weight is 301 g/mol. The number of carbonyl (C=O) groups excluding carboxylic acids is 1. The van der Waals surface area contributed by atoms with Crippen molar-refractivity contribution >= 4 is 17.5 Å². The van der Waals surface area contributed by atoms with Crippen LogP contribution < -0.4 is 15.8 Å². The molecule has 1 aromatic carbocycles. The Balaban J connectivity index is 2.35. The maximum Gasteiger partial charge on any atom is 0.257 e. The molecule has 0 spiro atoms. The minimum Gasteiger partial charge on any atom is -0.482 e. The van der Waals surface area contributed by atoms with Crippen molar-refractivity contribution < 1.29 is 14.3 Å². The molecule has 20 heavy (non-hydrogen) atoms. The minimum absolute atomic E-state index is 0.0526. The van der Waals surface area contributed by atoms with E-state index in [0.717, 1.165) is 18.4 Å². The zero-order valence-electron chi connectivity index (χ0n) is 11.7. The third-order valence-electron chi connectivity index (χ3n) is 2.64. The van der Waals surface area contributed by atoms with Crippen LogP contribution in [-0.4, -0.2) is 39.3 Å². The zero-order valence-corrected chi connectivity index (χ0v) is 12.4. The van der Waals surface area contributed by atoms with Gasteiger partial charge in [0.1, 0.15) is 5.75 Å². The van der Waals surface area contributed by atoms with Crippen molar-refractivity contribution in [2.45, 2.75) is 12.8 Å². The van der Waals surface area contributed by atoms with Crippen molar-refractivity contribution in [3.05, 3.63) is 28.8 Å². The molecule has 0 fully saturated rings. The van der Waals surface area contributed by atoms with Crippen LogP contribution >= 0.6 is 11.6 Å². The van der Waals surface area contributed by atoms with Crippen LogP contribution in [0, 0.1) is 0 Å². The summed E-state index contributed by atoms with van der Waals surface area (Å²) in [5, 5.41) is 3.22. The monoisotopic (exact) mass is 300 g/mol. The number of hydrogen-bond acceptors (Lipinski definition) is 4. The first-order chi connectivity index (χ1) is 9.67. The maximum absolute atomic E-state index is 11.5. The number of ether oxygens (including phenoxy) is 2. The largest absolute Gasteiger partial charge is 0.482 e. The van der Waals surface area contributed by atoms with Gasteiger partial charge in [-0.3, -0.25) is 4.79 Å². The van der Waals surface area contributed by atoms with Gasteiger partial charge in [0.15, 0.2) is 6.61 Å². The van der Waals surface area contributed by atoms with Crippen LogP contribution in [0.15, 0.2) is 18.2 Å². The standard InChI is InChI=1S/C14H21ClN2O3/c1-19-8-2-7-17-14(18)10-20-13-4-3-11(5-6-16)9-12(13)15/h3-4,9H,2,5-8,10,16H2,1H3,(H,17,18). The number of nitrogens with two attached hydrogens (primary N) is 1. The molecule has 0 saturated carbocycles. The molecule has 6 heteroatoms. The van der Waals surface area contributed by atoms with Crippen LogP contribution in [0.5, 0.6) is 5.75 Å². The van der Waals surface area contributed by atoms with Crippen molar-refractivity contribution in [1.82, 2.24) is 5.32 Å². The molecular weight excluding hydrogens is 280 g/mol. The Bertz CT molecular complexity index is 427.